The van der Waals surface area contributed by atoms with Gasteiger partial charge in [-0.3, -0.25) is 0 Å². The van der Waals surface area contributed by atoms with E-state index in [0.29, 0.717) is 0 Å². The first-order chi connectivity index (χ1) is 5.57. The third-order valence-corrected chi connectivity index (χ3v) is 1.48. The normalized spacial score (nSPS) is 25.8. The first kappa shape index (κ1) is 8.82. The van der Waals surface area contributed by atoms with Gasteiger partial charge in [-0.05, 0) is 0 Å². The zero-order valence-electron chi connectivity index (χ0n) is 5.97. The maximum Gasteiger partial charge on any atom is 0.377 e. The van der Waals surface area contributed by atoms with Crippen LogP contribution >= 0.6 is 0 Å². The van der Waals surface area contributed by atoms with E-state index in [1.54, 1.807) is 0 Å². The lowest BCUT2D eigenvalue weighted by molar-refractivity contribution is -0.147. The Labute approximate surface area is 67.3 Å². The minimum absolute atomic E-state index is 0.671. The second-order valence-electron chi connectivity index (χ2n) is 2.31. The van der Waals surface area contributed by atoms with E-state index in [9.17, 15) is 4.79 Å². The molecule has 2 atom stereocenters. The van der Waals surface area contributed by atoms with E-state index in [4.69, 9.17) is 20.4 Å². The molecule has 0 bridgehead atoms. The van der Waals surface area contributed by atoms with Crippen LogP contribution in [0, 0.1) is 0 Å². The van der Waals surface area contributed by atoms with Crippen LogP contribution in [-0.4, -0.2) is 45.2 Å². The molecule has 0 aliphatic carbocycles. The molecule has 1 aliphatic rings. The number of rotatable bonds is 2. The zero-order valence-corrected chi connectivity index (χ0v) is 5.97. The van der Waals surface area contributed by atoms with E-state index in [0.717, 1.165) is 0 Å². The van der Waals surface area contributed by atoms with Crippen LogP contribution in [0.1, 0.15) is 0 Å². The fourth-order valence-corrected chi connectivity index (χ4v) is 0.823. The van der Waals surface area contributed by atoms with Crippen molar-refractivity contribution in [2.24, 2.45) is 0 Å². The average Bonchev–Trinajstić information content (AvgIpc) is 2.32. The lowest BCUT2D eigenvalue weighted by Gasteiger charge is -2.13. The molecule has 0 fully saturated rings. The maximum atomic E-state index is 10.5. The summed E-state index contributed by atoms with van der Waals surface area (Å²) in [5, 5.41) is 35.0. The molecular formula is C6H8O6. The van der Waals surface area contributed by atoms with Crippen molar-refractivity contribution in [3.05, 3.63) is 11.5 Å². The predicted molar refractivity (Wildman–Crippen MR) is 35.3 cm³/mol. The van der Waals surface area contributed by atoms with Crippen molar-refractivity contribution in [2.75, 3.05) is 6.61 Å². The van der Waals surface area contributed by atoms with Gasteiger partial charge < -0.3 is 25.2 Å². The minimum Gasteiger partial charge on any atom is -0.505 e. The van der Waals surface area contributed by atoms with Crippen molar-refractivity contribution in [2.45, 2.75) is 12.2 Å². The highest BCUT2D eigenvalue weighted by Crippen LogP contribution is 2.20. The van der Waals surface area contributed by atoms with Crippen LogP contribution < -0.4 is 0 Å². The summed E-state index contributed by atoms with van der Waals surface area (Å²) >= 11 is 0. The van der Waals surface area contributed by atoms with E-state index < -0.39 is 36.3 Å². The molecule has 6 nitrogen and oxygen atoms in total. The van der Waals surface area contributed by atoms with Gasteiger partial charge in [0.15, 0.2) is 11.9 Å². The van der Waals surface area contributed by atoms with Crippen LogP contribution in [0.15, 0.2) is 11.5 Å². The number of carbonyl (C=O) groups is 1. The summed E-state index contributed by atoms with van der Waals surface area (Å²) < 4.78 is 4.32. The second kappa shape index (κ2) is 3.00. The van der Waals surface area contributed by atoms with Crippen LogP contribution in [0.5, 0.6) is 0 Å². The molecule has 0 saturated carbocycles. The van der Waals surface area contributed by atoms with Gasteiger partial charge in [0.2, 0.25) is 5.76 Å². The van der Waals surface area contributed by atoms with E-state index in [1.807, 2.05) is 0 Å². The molecule has 0 aromatic rings. The van der Waals surface area contributed by atoms with Crippen LogP contribution in [0.4, 0.5) is 0 Å². The van der Waals surface area contributed by atoms with Crippen LogP contribution in [0.3, 0.4) is 0 Å². The number of hydrogen-bond donors (Lipinski definition) is 4. The molecule has 68 valence electrons. The number of ether oxygens (including phenoxy) is 1. The van der Waals surface area contributed by atoms with E-state index in [1.165, 1.54) is 0 Å². The van der Waals surface area contributed by atoms with Crippen molar-refractivity contribution in [3.63, 3.8) is 0 Å². The number of aliphatic hydroxyl groups is 4. The summed E-state index contributed by atoms with van der Waals surface area (Å²) in [5.74, 6) is -2.78. The Morgan fingerprint density at radius 2 is 2.08 bits per heavy atom. The molecule has 0 aromatic carbocycles. The Hall–Kier alpha value is -1.27. The largest absolute Gasteiger partial charge is 0.505 e. The third-order valence-electron chi connectivity index (χ3n) is 1.48. The molecule has 4 N–H and O–H groups in total. The van der Waals surface area contributed by atoms with Gasteiger partial charge >= 0.3 is 5.97 Å². The molecule has 0 aromatic heterocycles. The SMILES string of the molecule is O=[13C]1O[C@H](C(O)[13CH2]O)C(O)=C1O. The Bertz CT molecular complexity index is 232. The molecule has 0 saturated heterocycles. The van der Waals surface area contributed by atoms with Crippen molar-refractivity contribution >= 4 is 5.97 Å². The standard InChI is InChI=1S/C6H8O6/c7-1-2(8)5-3(9)4(10)6(11)12-5/h2,5,7-10H,1H2/t2?,5-/m1/s1/i1+1,6+1. The number of esters is 1. The topological polar surface area (TPSA) is 107 Å². The van der Waals surface area contributed by atoms with Gasteiger partial charge in [0.05, 0.1) is 6.61 Å². The number of aliphatic hydroxyl groups excluding tert-OH is 4. The van der Waals surface area contributed by atoms with Gasteiger partial charge in [0.25, 0.3) is 0 Å². The van der Waals surface area contributed by atoms with Gasteiger partial charge in [0, 0.05) is 0 Å². The highest BCUT2D eigenvalue weighted by atomic mass is 16.7. The summed E-state index contributed by atoms with van der Waals surface area (Å²) in [4.78, 5) is 10.5. The summed E-state index contributed by atoms with van der Waals surface area (Å²) in [6.07, 6.45) is -2.78. The highest BCUT2D eigenvalue weighted by molar-refractivity contribution is 5.89. The molecule has 6 heteroatoms. The van der Waals surface area contributed by atoms with Gasteiger partial charge in [-0.1, -0.05) is 0 Å². The number of hydrogen-bond acceptors (Lipinski definition) is 6. The highest BCUT2D eigenvalue weighted by Gasteiger charge is 2.38. The lowest BCUT2D eigenvalue weighted by atomic mass is 10.2. The fourth-order valence-electron chi connectivity index (χ4n) is 0.823. The van der Waals surface area contributed by atoms with Crippen molar-refractivity contribution in [3.8, 4) is 0 Å². The molecule has 1 unspecified atom stereocenters. The molecule has 0 radical (unpaired) electrons. The molecule has 1 aliphatic heterocycles. The summed E-state index contributed by atoms with van der Waals surface area (Å²) in [7, 11) is 0. The smallest absolute Gasteiger partial charge is 0.377 e. The summed E-state index contributed by atoms with van der Waals surface area (Å²) in [5.41, 5.74) is 0. The number of carbonyl (C=O) groups excluding carboxylic acids is 1. The summed E-state index contributed by atoms with van der Waals surface area (Å²) in [6, 6.07) is 0. The fraction of sp³-hybridized carbons (Fsp3) is 0.500. The first-order valence-corrected chi connectivity index (χ1v) is 3.20. The lowest BCUT2D eigenvalue weighted by Crippen LogP contribution is -2.31. The number of cyclic esters (lactones) is 1. The monoisotopic (exact) mass is 178 g/mol. The van der Waals surface area contributed by atoms with E-state index >= 15 is 0 Å². The Morgan fingerprint density at radius 1 is 1.50 bits per heavy atom. The van der Waals surface area contributed by atoms with Crippen LogP contribution in [0.2, 0.25) is 0 Å². The average molecular weight is 178 g/mol. The molecule has 1 heterocycles. The molecular weight excluding hydrogens is 170 g/mol. The minimum atomic E-state index is -1.42. The van der Waals surface area contributed by atoms with Crippen molar-refractivity contribution in [1.29, 1.82) is 0 Å². The van der Waals surface area contributed by atoms with Gasteiger partial charge in [0.1, 0.15) is 6.10 Å². The van der Waals surface area contributed by atoms with Crippen LogP contribution in [-0.2, 0) is 9.53 Å². The zero-order chi connectivity index (χ0) is 9.30. The maximum absolute atomic E-state index is 10.5. The Morgan fingerprint density at radius 3 is 2.42 bits per heavy atom. The van der Waals surface area contributed by atoms with Crippen molar-refractivity contribution < 1.29 is 30.0 Å². The van der Waals surface area contributed by atoms with Crippen LogP contribution in [0.25, 0.3) is 0 Å². The quantitative estimate of drug-likeness (QED) is 0.306. The third kappa shape index (κ3) is 1.21. The van der Waals surface area contributed by atoms with Gasteiger partial charge in [-0.25, -0.2) is 4.79 Å². The summed E-state index contributed by atoms with van der Waals surface area (Å²) in [6.45, 7) is -0.671. The van der Waals surface area contributed by atoms with E-state index in [-0.39, 0.29) is 0 Å². The molecule has 1 rings (SSSR count). The molecule has 12 heavy (non-hydrogen) atoms. The molecule has 0 spiro atoms. The molecule has 0 amide bonds. The van der Waals surface area contributed by atoms with Crippen molar-refractivity contribution in [1.82, 2.24) is 0 Å². The second-order valence-corrected chi connectivity index (χ2v) is 2.31. The van der Waals surface area contributed by atoms with E-state index in [2.05, 4.69) is 4.74 Å². The Balaban J connectivity index is 2.80. The predicted octanol–water partition coefficient (Wildman–Crippen LogP) is -1.41. The first-order valence-electron chi connectivity index (χ1n) is 3.20. The van der Waals surface area contributed by atoms with Gasteiger partial charge in [-0.15, -0.1) is 0 Å². The Kier molecular flexibility index (Phi) is 2.20. The van der Waals surface area contributed by atoms with Gasteiger partial charge in [-0.2, -0.15) is 0 Å².